The molecule has 0 spiro atoms. The van der Waals surface area contributed by atoms with Crippen LogP contribution in [0, 0.1) is 18.3 Å². The minimum absolute atomic E-state index is 0.164. The fourth-order valence-electron chi connectivity index (χ4n) is 3.16. The molecule has 3 rings (SSSR count). The van der Waals surface area contributed by atoms with Gasteiger partial charge in [-0.3, -0.25) is 4.21 Å². The van der Waals surface area contributed by atoms with Crippen molar-refractivity contribution < 1.29 is 13.5 Å². The van der Waals surface area contributed by atoms with E-state index >= 15 is 0 Å². The molecule has 0 saturated carbocycles. The van der Waals surface area contributed by atoms with Crippen LogP contribution in [-0.2, 0) is 17.8 Å². The Labute approximate surface area is 166 Å². The van der Waals surface area contributed by atoms with Gasteiger partial charge in [-0.25, -0.2) is 4.72 Å². The summed E-state index contributed by atoms with van der Waals surface area (Å²) in [7, 11) is 0. The lowest BCUT2D eigenvalue weighted by molar-refractivity contribution is 0.149. The highest BCUT2D eigenvalue weighted by molar-refractivity contribution is 7.77. The molecule has 27 heavy (non-hydrogen) atoms. The number of nitrogens with zero attached hydrogens (tertiary/aromatic N) is 1. The highest BCUT2D eigenvalue weighted by Gasteiger charge is 2.36. The molecule has 1 unspecified atom stereocenters. The molecule has 140 valence electrons. The molecule has 0 fully saturated rings. The second-order valence-corrected chi connectivity index (χ2v) is 7.99. The van der Waals surface area contributed by atoms with Crippen molar-refractivity contribution in [1.29, 1.82) is 5.26 Å². The van der Waals surface area contributed by atoms with Gasteiger partial charge in [0.05, 0.1) is 11.6 Å². The van der Waals surface area contributed by atoms with Gasteiger partial charge >= 0.3 is 0 Å². The number of rotatable bonds is 4. The van der Waals surface area contributed by atoms with Crippen molar-refractivity contribution >= 4 is 28.4 Å². The van der Waals surface area contributed by atoms with Crippen molar-refractivity contribution in [1.82, 2.24) is 4.72 Å². The van der Waals surface area contributed by atoms with E-state index in [1.807, 2.05) is 51.1 Å². The molecule has 0 bridgehead atoms. The summed E-state index contributed by atoms with van der Waals surface area (Å²) < 4.78 is 29.9. The summed E-state index contributed by atoms with van der Waals surface area (Å²) in [6.45, 7) is 5.77. The zero-order valence-electron chi connectivity index (χ0n) is 15.1. The van der Waals surface area contributed by atoms with E-state index in [-0.39, 0.29) is 6.54 Å². The van der Waals surface area contributed by atoms with Crippen LogP contribution in [0.5, 0.6) is 5.75 Å². The molecular formula is C20H18ClN2O3S-. The summed E-state index contributed by atoms with van der Waals surface area (Å²) in [6, 6.07) is 13.4. The van der Waals surface area contributed by atoms with Crippen molar-refractivity contribution in [3.05, 3.63) is 69.2 Å². The van der Waals surface area contributed by atoms with Gasteiger partial charge in [-0.2, -0.15) is 5.26 Å². The molecule has 7 heteroatoms. The monoisotopic (exact) mass is 401 g/mol. The Morgan fingerprint density at radius 2 is 2.04 bits per heavy atom. The molecule has 2 aromatic carbocycles. The Morgan fingerprint density at radius 1 is 1.30 bits per heavy atom. The molecule has 0 amide bonds. The first-order valence-corrected chi connectivity index (χ1v) is 9.74. The van der Waals surface area contributed by atoms with Crippen LogP contribution in [0.15, 0.2) is 42.0 Å². The predicted molar refractivity (Wildman–Crippen MR) is 105 cm³/mol. The fourth-order valence-corrected chi connectivity index (χ4v) is 3.56. The molecule has 0 radical (unpaired) electrons. The zero-order valence-corrected chi connectivity index (χ0v) is 16.7. The number of benzene rings is 2. The number of ether oxygens (including phenoxy) is 1. The molecular weight excluding hydrogens is 384 g/mol. The topological polar surface area (TPSA) is 85.2 Å². The molecule has 5 nitrogen and oxygen atoms in total. The number of hydrogen-bond donors (Lipinski definition) is 1. The highest BCUT2D eigenvalue weighted by atomic mass is 35.5. The largest absolute Gasteiger partial charge is 0.760 e. The highest BCUT2D eigenvalue weighted by Crippen LogP contribution is 2.44. The van der Waals surface area contributed by atoms with Gasteiger partial charge in [0.1, 0.15) is 11.4 Å². The van der Waals surface area contributed by atoms with Crippen molar-refractivity contribution in [2.24, 2.45) is 0 Å². The maximum Gasteiger partial charge on any atom is 0.139 e. The number of nitrogens with one attached hydrogen (secondary N) is 1. The quantitative estimate of drug-likeness (QED) is 0.784. The molecule has 1 atom stereocenters. The van der Waals surface area contributed by atoms with Crippen LogP contribution in [0.4, 0.5) is 0 Å². The molecule has 0 aliphatic carbocycles. The minimum atomic E-state index is -2.34. The van der Waals surface area contributed by atoms with Gasteiger partial charge in [-0.1, -0.05) is 29.8 Å². The van der Waals surface area contributed by atoms with Crippen LogP contribution < -0.4 is 9.46 Å². The lowest BCUT2D eigenvalue weighted by Gasteiger charge is -2.34. The van der Waals surface area contributed by atoms with E-state index in [4.69, 9.17) is 16.3 Å². The summed E-state index contributed by atoms with van der Waals surface area (Å²) in [6.07, 6.45) is 0. The molecule has 0 aromatic heterocycles. The van der Waals surface area contributed by atoms with Crippen LogP contribution in [-0.4, -0.2) is 14.4 Å². The normalized spacial score (nSPS) is 16.3. The van der Waals surface area contributed by atoms with E-state index in [1.165, 1.54) is 0 Å². The summed E-state index contributed by atoms with van der Waals surface area (Å²) >= 11 is 3.83. The fraction of sp³-hybridized carbons (Fsp3) is 0.250. The Hall–Kier alpha value is -2.17. The van der Waals surface area contributed by atoms with Crippen LogP contribution in [0.3, 0.4) is 0 Å². The number of fused-ring (bicyclic) bond motifs is 1. The Balaban J connectivity index is 2.18. The third-order valence-corrected chi connectivity index (χ3v) is 5.29. The van der Waals surface area contributed by atoms with E-state index in [2.05, 4.69) is 10.8 Å². The first kappa shape index (κ1) is 19.6. The lowest BCUT2D eigenvalue weighted by atomic mass is 9.82. The average Bonchev–Trinajstić information content (AvgIpc) is 2.60. The van der Waals surface area contributed by atoms with Crippen molar-refractivity contribution in [2.45, 2.75) is 32.9 Å². The van der Waals surface area contributed by atoms with Crippen LogP contribution in [0.25, 0.3) is 5.57 Å². The summed E-state index contributed by atoms with van der Waals surface area (Å²) in [4.78, 5) is 0. The summed E-state index contributed by atoms with van der Waals surface area (Å²) in [5.74, 6) is 0.609. The number of halogens is 1. The SMILES string of the molecule is Cc1cc(C2=C(C#N)C(C)(C)Oc3cc(CNS(=O)[O-])ccc32)ccc1Cl. The maximum absolute atomic E-state index is 10.7. The third kappa shape index (κ3) is 3.92. The molecule has 1 heterocycles. The predicted octanol–water partition coefficient (Wildman–Crippen LogP) is 4.03. The van der Waals surface area contributed by atoms with E-state index in [0.29, 0.717) is 16.3 Å². The van der Waals surface area contributed by atoms with E-state index in [1.54, 1.807) is 6.07 Å². The first-order chi connectivity index (χ1) is 12.7. The van der Waals surface area contributed by atoms with Crippen LogP contribution in [0.1, 0.15) is 36.1 Å². The Morgan fingerprint density at radius 3 is 2.67 bits per heavy atom. The third-order valence-electron chi connectivity index (χ3n) is 4.49. The van der Waals surface area contributed by atoms with Gasteiger partial charge in [0.25, 0.3) is 0 Å². The smallest absolute Gasteiger partial charge is 0.139 e. The van der Waals surface area contributed by atoms with Gasteiger partial charge in [-0.05, 0) is 55.7 Å². The summed E-state index contributed by atoms with van der Waals surface area (Å²) in [5, 5.41) is 10.5. The van der Waals surface area contributed by atoms with Crippen LogP contribution in [0.2, 0.25) is 5.02 Å². The van der Waals surface area contributed by atoms with Crippen molar-refractivity contribution in [3.8, 4) is 11.8 Å². The molecule has 1 N–H and O–H groups in total. The van der Waals surface area contributed by atoms with Gasteiger partial charge in [0, 0.05) is 34.0 Å². The van der Waals surface area contributed by atoms with Crippen molar-refractivity contribution in [3.63, 3.8) is 0 Å². The summed E-state index contributed by atoms with van der Waals surface area (Å²) in [5.41, 5.74) is 3.87. The maximum atomic E-state index is 10.7. The lowest BCUT2D eigenvalue weighted by Crippen LogP contribution is -2.34. The van der Waals surface area contributed by atoms with E-state index < -0.39 is 16.9 Å². The van der Waals surface area contributed by atoms with Gasteiger partial charge < -0.3 is 9.29 Å². The van der Waals surface area contributed by atoms with Gasteiger partial charge in [-0.15, -0.1) is 0 Å². The van der Waals surface area contributed by atoms with E-state index in [9.17, 15) is 14.0 Å². The zero-order chi connectivity index (χ0) is 19.8. The first-order valence-electron chi connectivity index (χ1n) is 8.29. The van der Waals surface area contributed by atoms with Gasteiger partial charge in [0.15, 0.2) is 0 Å². The molecule has 0 saturated heterocycles. The Kier molecular flexibility index (Phi) is 5.41. The molecule has 1 aliphatic heterocycles. The average molecular weight is 402 g/mol. The molecule has 2 aromatic rings. The van der Waals surface area contributed by atoms with Crippen LogP contribution >= 0.6 is 11.6 Å². The minimum Gasteiger partial charge on any atom is -0.760 e. The second kappa shape index (κ2) is 7.45. The number of aryl methyl sites for hydroxylation is 1. The van der Waals surface area contributed by atoms with Gasteiger partial charge in [0.2, 0.25) is 0 Å². The second-order valence-electron chi connectivity index (χ2n) is 6.82. The number of hydrogen-bond acceptors (Lipinski definition) is 4. The van der Waals surface area contributed by atoms with E-state index in [0.717, 1.165) is 27.8 Å². The molecule has 1 aliphatic rings. The Bertz CT molecular complexity index is 1010. The number of nitriles is 1. The van der Waals surface area contributed by atoms with Crippen molar-refractivity contribution in [2.75, 3.05) is 0 Å². The standard InChI is InChI=1S/C20H19ClN2O3S/c1-12-8-14(5-7-17(12)21)19-15-6-4-13(11-23-27(24)25)9-18(15)26-20(2,3)16(19)10-22/h4-9,23H,11H2,1-3H3,(H,24,25)/p-1.